The molecule has 1 aliphatic heterocycles. The number of hydrogen-bond acceptors (Lipinski definition) is 8. The molecule has 0 aliphatic carbocycles. The van der Waals surface area contributed by atoms with Gasteiger partial charge in [0.25, 0.3) is 11.8 Å². The first-order chi connectivity index (χ1) is 16.2. The highest BCUT2D eigenvalue weighted by molar-refractivity contribution is 7.13. The van der Waals surface area contributed by atoms with E-state index in [1.165, 1.54) is 16.2 Å². The number of amides is 2. The molecule has 0 saturated carbocycles. The maximum absolute atomic E-state index is 13.1. The predicted molar refractivity (Wildman–Crippen MR) is 127 cm³/mol. The highest BCUT2D eigenvalue weighted by Crippen LogP contribution is 2.39. The number of nitrogens with two attached hydrogens (primary N) is 1. The van der Waals surface area contributed by atoms with Gasteiger partial charge in [-0.3, -0.25) is 9.59 Å². The van der Waals surface area contributed by atoms with Crippen molar-refractivity contribution in [1.82, 2.24) is 25.0 Å². The quantitative estimate of drug-likeness (QED) is 0.396. The van der Waals surface area contributed by atoms with E-state index in [0.717, 1.165) is 11.3 Å². The van der Waals surface area contributed by atoms with Gasteiger partial charge in [0.2, 0.25) is 0 Å². The Bertz CT molecular complexity index is 1150. The minimum Gasteiger partial charge on any atom is -0.380 e. The molecule has 180 valence electrons. The Morgan fingerprint density at radius 3 is 2.59 bits per heavy atom. The summed E-state index contributed by atoms with van der Waals surface area (Å²) in [6.45, 7) is 3.99. The highest BCUT2D eigenvalue weighted by Gasteiger charge is 2.46. The van der Waals surface area contributed by atoms with E-state index in [4.69, 9.17) is 5.73 Å². The van der Waals surface area contributed by atoms with E-state index in [1.807, 2.05) is 43.5 Å². The number of anilines is 1. The van der Waals surface area contributed by atoms with Crippen LogP contribution in [0.25, 0.3) is 5.69 Å². The molecule has 1 aliphatic rings. The van der Waals surface area contributed by atoms with E-state index in [-0.39, 0.29) is 0 Å². The molecule has 0 bridgehead atoms. The zero-order valence-electron chi connectivity index (χ0n) is 19.0. The van der Waals surface area contributed by atoms with E-state index in [1.54, 1.807) is 23.2 Å². The molecule has 1 aromatic carbocycles. The summed E-state index contributed by atoms with van der Waals surface area (Å²) in [5.41, 5.74) is 7.30. The lowest BCUT2D eigenvalue weighted by Crippen LogP contribution is -2.54. The standard InChI is InChI=1S/C23H28N6O4S/c1-14(15-5-7-16(8-6-15)29-12-4-10-25-29)26-20(32)18(30)19(31)21(33)28-11-3-9-23(28,2)17-13-34-22(24)27-17/h4-8,10,12-14,18-19,30-31H,3,9,11H2,1-2H3,(H2,24,27)(H,26,32)/t14-,18-,19-,23?/m1/s1. The van der Waals surface area contributed by atoms with Gasteiger partial charge in [-0.2, -0.15) is 5.10 Å². The Morgan fingerprint density at radius 1 is 1.24 bits per heavy atom. The Hall–Kier alpha value is -3.28. The molecular weight excluding hydrogens is 456 g/mol. The normalized spacial score (nSPS) is 20.6. The fourth-order valence-electron chi connectivity index (χ4n) is 4.28. The molecule has 2 aromatic heterocycles. The van der Waals surface area contributed by atoms with Crippen molar-refractivity contribution < 1.29 is 19.8 Å². The van der Waals surface area contributed by atoms with Crippen molar-refractivity contribution in [2.45, 2.75) is 50.5 Å². The largest absolute Gasteiger partial charge is 0.380 e. The SMILES string of the molecule is C[C@@H](NC(=O)[C@H](O)[C@@H](O)C(=O)N1CCCC1(C)c1csc(N)n1)c1ccc(-n2cccn2)cc1. The van der Waals surface area contributed by atoms with Crippen LogP contribution in [-0.2, 0) is 15.1 Å². The second-order valence-electron chi connectivity index (χ2n) is 8.60. The zero-order chi connectivity index (χ0) is 24.5. The summed E-state index contributed by atoms with van der Waals surface area (Å²) in [6.07, 6.45) is 1.04. The second-order valence-corrected chi connectivity index (χ2v) is 9.49. The molecule has 3 aromatic rings. The maximum atomic E-state index is 13.1. The monoisotopic (exact) mass is 484 g/mol. The van der Waals surface area contributed by atoms with E-state index in [9.17, 15) is 19.8 Å². The third kappa shape index (κ3) is 4.54. The van der Waals surface area contributed by atoms with Crippen LogP contribution in [0.15, 0.2) is 48.1 Å². The number of carbonyl (C=O) groups excluding carboxylic acids is 2. The summed E-state index contributed by atoms with van der Waals surface area (Å²) in [7, 11) is 0. The third-order valence-electron chi connectivity index (χ3n) is 6.32. The number of benzene rings is 1. The average molecular weight is 485 g/mol. The van der Waals surface area contributed by atoms with Gasteiger partial charge in [0.15, 0.2) is 17.3 Å². The number of hydrogen-bond donors (Lipinski definition) is 4. The predicted octanol–water partition coefficient (Wildman–Crippen LogP) is 1.35. The van der Waals surface area contributed by atoms with E-state index in [2.05, 4.69) is 15.4 Å². The molecule has 0 radical (unpaired) electrons. The molecule has 3 heterocycles. The van der Waals surface area contributed by atoms with E-state index >= 15 is 0 Å². The van der Waals surface area contributed by atoms with Gasteiger partial charge in [-0.25, -0.2) is 9.67 Å². The van der Waals surface area contributed by atoms with Gasteiger partial charge in [-0.1, -0.05) is 12.1 Å². The molecule has 1 fully saturated rings. The number of aliphatic hydroxyl groups is 2. The van der Waals surface area contributed by atoms with Crippen molar-refractivity contribution in [2.24, 2.45) is 0 Å². The smallest absolute Gasteiger partial charge is 0.255 e. The summed E-state index contributed by atoms with van der Waals surface area (Å²) < 4.78 is 1.71. The van der Waals surface area contributed by atoms with Crippen LogP contribution in [0.1, 0.15) is 44.0 Å². The zero-order valence-corrected chi connectivity index (χ0v) is 19.8. The van der Waals surface area contributed by atoms with Crippen molar-refractivity contribution in [3.05, 3.63) is 59.4 Å². The second kappa shape index (κ2) is 9.53. The first-order valence-corrected chi connectivity index (χ1v) is 11.9. The molecule has 4 rings (SSSR count). The van der Waals surface area contributed by atoms with Gasteiger partial charge in [-0.05, 0) is 50.5 Å². The fraction of sp³-hybridized carbons (Fsp3) is 0.391. The number of thiazole rings is 1. The van der Waals surface area contributed by atoms with E-state index < -0.39 is 35.6 Å². The summed E-state index contributed by atoms with van der Waals surface area (Å²) in [5, 5.41) is 30.1. The van der Waals surface area contributed by atoms with Crippen LogP contribution in [-0.4, -0.2) is 60.4 Å². The Morgan fingerprint density at radius 2 is 1.97 bits per heavy atom. The highest BCUT2D eigenvalue weighted by atomic mass is 32.1. The topological polar surface area (TPSA) is 147 Å². The molecule has 34 heavy (non-hydrogen) atoms. The van der Waals surface area contributed by atoms with Crippen LogP contribution in [0.2, 0.25) is 0 Å². The maximum Gasteiger partial charge on any atom is 0.255 e. The van der Waals surface area contributed by atoms with Crippen molar-refractivity contribution in [3.63, 3.8) is 0 Å². The molecular formula is C23H28N6O4S. The van der Waals surface area contributed by atoms with E-state index in [0.29, 0.717) is 30.2 Å². The molecule has 0 spiro atoms. The Kier molecular flexibility index (Phi) is 6.69. The molecule has 11 heteroatoms. The van der Waals surface area contributed by atoms with Crippen molar-refractivity contribution in [1.29, 1.82) is 0 Å². The minimum absolute atomic E-state index is 0.386. The summed E-state index contributed by atoms with van der Waals surface area (Å²) in [4.78, 5) is 31.5. The lowest BCUT2D eigenvalue weighted by molar-refractivity contribution is -0.156. The Balaban J connectivity index is 1.40. The Labute approximate surface area is 201 Å². The number of nitrogens with zero attached hydrogens (tertiary/aromatic N) is 4. The van der Waals surface area contributed by atoms with Gasteiger partial charge in [0.1, 0.15) is 0 Å². The van der Waals surface area contributed by atoms with Gasteiger partial charge >= 0.3 is 0 Å². The number of likely N-dealkylation sites (tertiary alicyclic amines) is 1. The lowest BCUT2D eigenvalue weighted by Gasteiger charge is -2.36. The number of nitrogens with one attached hydrogen (secondary N) is 1. The third-order valence-corrected chi connectivity index (χ3v) is 7.00. The summed E-state index contributed by atoms with van der Waals surface area (Å²) in [6, 6.07) is 8.77. The molecule has 4 atom stereocenters. The first kappa shape index (κ1) is 23.9. The van der Waals surface area contributed by atoms with Gasteiger partial charge in [0.05, 0.1) is 23.0 Å². The van der Waals surface area contributed by atoms with Crippen LogP contribution in [0.5, 0.6) is 0 Å². The van der Waals surface area contributed by atoms with Crippen LogP contribution in [0, 0.1) is 0 Å². The summed E-state index contributed by atoms with van der Waals surface area (Å²) in [5.74, 6) is -1.55. The first-order valence-electron chi connectivity index (χ1n) is 11.0. The number of nitrogen functional groups attached to an aromatic ring is 1. The number of aliphatic hydroxyl groups excluding tert-OH is 2. The average Bonchev–Trinajstić information content (AvgIpc) is 3.59. The molecule has 10 nitrogen and oxygen atoms in total. The van der Waals surface area contributed by atoms with Gasteiger partial charge < -0.3 is 26.2 Å². The number of rotatable bonds is 7. The minimum atomic E-state index is -1.91. The number of aromatic nitrogens is 3. The van der Waals surface area contributed by atoms with Crippen LogP contribution in [0.3, 0.4) is 0 Å². The van der Waals surface area contributed by atoms with Crippen molar-refractivity contribution in [2.75, 3.05) is 12.3 Å². The molecule has 5 N–H and O–H groups in total. The lowest BCUT2D eigenvalue weighted by atomic mass is 9.94. The fourth-order valence-corrected chi connectivity index (χ4v) is 4.97. The van der Waals surface area contributed by atoms with Crippen LogP contribution >= 0.6 is 11.3 Å². The number of carbonyl (C=O) groups is 2. The molecule has 1 saturated heterocycles. The molecule has 2 amide bonds. The van der Waals surface area contributed by atoms with Crippen LogP contribution < -0.4 is 11.1 Å². The molecule has 1 unspecified atom stereocenters. The van der Waals surface area contributed by atoms with Gasteiger partial charge in [0, 0.05) is 24.3 Å². The van der Waals surface area contributed by atoms with Crippen molar-refractivity contribution >= 4 is 28.3 Å². The summed E-state index contributed by atoms with van der Waals surface area (Å²) >= 11 is 1.28. The van der Waals surface area contributed by atoms with Crippen LogP contribution in [0.4, 0.5) is 5.13 Å². The van der Waals surface area contributed by atoms with Crippen molar-refractivity contribution in [3.8, 4) is 5.69 Å². The van der Waals surface area contributed by atoms with Gasteiger partial charge in [-0.15, -0.1) is 11.3 Å².